The molecular weight excluding hydrogens is 220 g/mol. The average Bonchev–Trinajstić information content (AvgIpc) is 2.51. The summed E-state index contributed by atoms with van der Waals surface area (Å²) >= 11 is 0. The summed E-state index contributed by atoms with van der Waals surface area (Å²) in [7, 11) is 0. The van der Waals surface area contributed by atoms with Crippen LogP contribution in [0.3, 0.4) is 0 Å². The number of alkyl halides is 4. The number of carboxylic acids is 1. The van der Waals surface area contributed by atoms with Crippen LogP contribution in [0, 0.1) is 0 Å². The highest BCUT2D eigenvalue weighted by Crippen LogP contribution is 2.24. The summed E-state index contributed by atoms with van der Waals surface area (Å²) in [4.78, 5) is 10.3. The minimum Gasteiger partial charge on any atom is -0.478 e. The zero-order valence-electron chi connectivity index (χ0n) is 7.20. The number of nitrogens with zero attached hydrogens (tertiary/aromatic N) is 2. The van der Waals surface area contributed by atoms with Crippen LogP contribution < -0.4 is 0 Å². The molecule has 1 heterocycles. The van der Waals surface area contributed by atoms with Crippen molar-refractivity contribution < 1.29 is 27.5 Å². The first-order valence-electron chi connectivity index (χ1n) is 3.74. The van der Waals surface area contributed by atoms with E-state index in [1.165, 1.54) is 0 Å². The number of carboxylic acid groups (broad SMARTS) is 1. The van der Waals surface area contributed by atoms with E-state index in [2.05, 4.69) is 5.10 Å². The van der Waals surface area contributed by atoms with Gasteiger partial charge < -0.3 is 5.11 Å². The molecule has 0 aromatic carbocycles. The first-order valence-corrected chi connectivity index (χ1v) is 3.74. The topological polar surface area (TPSA) is 55.1 Å². The van der Waals surface area contributed by atoms with Crippen LogP contribution in [0.2, 0.25) is 0 Å². The van der Waals surface area contributed by atoms with Crippen molar-refractivity contribution >= 4 is 5.97 Å². The molecule has 0 aliphatic carbocycles. The van der Waals surface area contributed by atoms with Gasteiger partial charge in [-0.2, -0.15) is 13.9 Å². The Labute approximate surface area is 81.1 Å². The Morgan fingerprint density at radius 1 is 1.60 bits per heavy atom. The number of halogens is 4. The van der Waals surface area contributed by atoms with Crippen LogP contribution in [0.4, 0.5) is 17.6 Å². The van der Waals surface area contributed by atoms with Crippen molar-refractivity contribution in [2.75, 3.05) is 0 Å². The maximum Gasteiger partial charge on any atom is 0.338 e. The van der Waals surface area contributed by atoms with Crippen molar-refractivity contribution in [2.24, 2.45) is 0 Å². The predicted octanol–water partition coefficient (Wildman–Crippen LogP) is 1.48. The Bertz CT molecular complexity index is 364. The summed E-state index contributed by atoms with van der Waals surface area (Å²) in [6.07, 6.45) is -2.24. The Morgan fingerprint density at radius 2 is 2.20 bits per heavy atom. The van der Waals surface area contributed by atoms with Crippen LogP contribution in [-0.2, 0) is 6.54 Å². The van der Waals surface area contributed by atoms with Gasteiger partial charge in [-0.3, -0.25) is 4.68 Å². The molecule has 0 unspecified atom stereocenters. The molecule has 4 nitrogen and oxygen atoms in total. The molecule has 0 radical (unpaired) electrons. The van der Waals surface area contributed by atoms with Crippen LogP contribution in [0.1, 0.15) is 10.4 Å². The van der Waals surface area contributed by atoms with Gasteiger partial charge in [-0.15, -0.1) is 0 Å². The predicted molar refractivity (Wildman–Crippen MR) is 40.1 cm³/mol. The van der Waals surface area contributed by atoms with Gasteiger partial charge in [0.1, 0.15) is 6.54 Å². The Hall–Kier alpha value is -1.60. The van der Waals surface area contributed by atoms with Gasteiger partial charge in [0.2, 0.25) is 0 Å². The van der Waals surface area contributed by atoms with E-state index in [4.69, 9.17) is 5.11 Å². The minimum atomic E-state index is -4.22. The standard InChI is InChI=1S/C7H6F4N2O2/c8-6(9)7(10,11)3-13-2-4(1-12-13)5(14)15/h1-2,6H,3H2,(H,14,15). The third kappa shape index (κ3) is 2.67. The van der Waals surface area contributed by atoms with Crippen LogP contribution in [-0.4, -0.2) is 33.2 Å². The third-order valence-electron chi connectivity index (χ3n) is 1.57. The minimum absolute atomic E-state index is 0.333. The van der Waals surface area contributed by atoms with Crippen LogP contribution in [0.25, 0.3) is 0 Å². The highest BCUT2D eigenvalue weighted by Gasteiger charge is 2.41. The van der Waals surface area contributed by atoms with Gasteiger partial charge in [0.05, 0.1) is 11.8 Å². The monoisotopic (exact) mass is 226 g/mol. The molecular formula is C7H6F4N2O2. The van der Waals surface area contributed by atoms with Crippen molar-refractivity contribution in [3.63, 3.8) is 0 Å². The molecule has 84 valence electrons. The van der Waals surface area contributed by atoms with Crippen LogP contribution in [0.15, 0.2) is 12.4 Å². The molecule has 0 amide bonds. The largest absolute Gasteiger partial charge is 0.478 e. The maximum absolute atomic E-state index is 12.5. The molecule has 0 fully saturated rings. The lowest BCUT2D eigenvalue weighted by Gasteiger charge is -2.14. The zero-order chi connectivity index (χ0) is 11.6. The molecule has 1 aromatic rings. The van der Waals surface area contributed by atoms with E-state index in [0.29, 0.717) is 4.68 Å². The fourth-order valence-electron chi connectivity index (χ4n) is 0.845. The summed E-state index contributed by atoms with van der Waals surface area (Å²) < 4.78 is 48.9. The van der Waals surface area contributed by atoms with E-state index >= 15 is 0 Å². The number of rotatable bonds is 4. The van der Waals surface area contributed by atoms with Crippen LogP contribution >= 0.6 is 0 Å². The quantitative estimate of drug-likeness (QED) is 0.791. The number of aromatic carboxylic acids is 1. The molecule has 0 aliphatic heterocycles. The molecule has 1 N–H and O–H groups in total. The summed E-state index contributed by atoms with van der Waals surface area (Å²) in [6.45, 7) is -1.35. The van der Waals surface area contributed by atoms with E-state index in [-0.39, 0.29) is 5.56 Å². The molecule has 0 aliphatic rings. The molecule has 0 bridgehead atoms. The van der Waals surface area contributed by atoms with Gasteiger partial charge in [0.25, 0.3) is 0 Å². The Kier molecular flexibility index (Phi) is 2.96. The number of aromatic nitrogens is 2. The second kappa shape index (κ2) is 3.87. The van der Waals surface area contributed by atoms with Gasteiger partial charge >= 0.3 is 18.3 Å². The lowest BCUT2D eigenvalue weighted by molar-refractivity contribution is -0.139. The van der Waals surface area contributed by atoms with E-state index < -0.39 is 24.9 Å². The lowest BCUT2D eigenvalue weighted by Crippen LogP contribution is -2.32. The number of hydrogen-bond donors (Lipinski definition) is 1. The van der Waals surface area contributed by atoms with Gasteiger partial charge in [0.15, 0.2) is 0 Å². The van der Waals surface area contributed by atoms with Gasteiger partial charge in [-0.25, -0.2) is 13.6 Å². The molecule has 0 saturated carbocycles. The van der Waals surface area contributed by atoms with E-state index in [1.807, 2.05) is 0 Å². The summed E-state index contributed by atoms with van der Waals surface area (Å²) in [6, 6.07) is 0. The Morgan fingerprint density at radius 3 is 2.60 bits per heavy atom. The van der Waals surface area contributed by atoms with Crippen molar-refractivity contribution in [3.8, 4) is 0 Å². The highest BCUT2D eigenvalue weighted by atomic mass is 19.3. The molecule has 0 spiro atoms. The van der Waals surface area contributed by atoms with Crippen molar-refractivity contribution in [2.45, 2.75) is 18.9 Å². The molecule has 15 heavy (non-hydrogen) atoms. The smallest absolute Gasteiger partial charge is 0.338 e. The second-order valence-electron chi connectivity index (χ2n) is 2.79. The fourth-order valence-corrected chi connectivity index (χ4v) is 0.845. The van der Waals surface area contributed by atoms with Crippen LogP contribution in [0.5, 0.6) is 0 Å². The molecule has 1 rings (SSSR count). The maximum atomic E-state index is 12.5. The Balaban J connectivity index is 2.77. The van der Waals surface area contributed by atoms with E-state index in [1.54, 1.807) is 0 Å². The van der Waals surface area contributed by atoms with Gasteiger partial charge in [0, 0.05) is 6.20 Å². The fraction of sp³-hybridized carbons (Fsp3) is 0.429. The number of hydrogen-bond acceptors (Lipinski definition) is 2. The SMILES string of the molecule is O=C(O)c1cnn(CC(F)(F)C(F)F)c1. The van der Waals surface area contributed by atoms with Crippen molar-refractivity contribution in [3.05, 3.63) is 18.0 Å². The summed E-state index contributed by atoms with van der Waals surface area (Å²) in [5.41, 5.74) is -0.333. The van der Waals surface area contributed by atoms with E-state index in [0.717, 1.165) is 12.4 Å². The molecule has 0 saturated heterocycles. The normalized spacial score (nSPS) is 12.1. The van der Waals surface area contributed by atoms with Gasteiger partial charge in [-0.05, 0) is 0 Å². The average molecular weight is 226 g/mol. The van der Waals surface area contributed by atoms with E-state index in [9.17, 15) is 22.4 Å². The summed E-state index contributed by atoms with van der Waals surface area (Å²) in [5, 5.41) is 11.6. The molecule has 8 heteroatoms. The first kappa shape index (κ1) is 11.5. The second-order valence-corrected chi connectivity index (χ2v) is 2.79. The molecule has 1 aromatic heterocycles. The first-order chi connectivity index (χ1) is 6.83. The lowest BCUT2D eigenvalue weighted by atomic mass is 10.3. The van der Waals surface area contributed by atoms with Crippen molar-refractivity contribution in [1.29, 1.82) is 0 Å². The highest BCUT2D eigenvalue weighted by molar-refractivity contribution is 5.86. The molecule has 0 atom stereocenters. The number of carbonyl (C=O) groups is 1. The van der Waals surface area contributed by atoms with Crippen molar-refractivity contribution in [1.82, 2.24) is 9.78 Å². The summed E-state index contributed by atoms with van der Waals surface area (Å²) in [5.74, 6) is -5.58. The zero-order valence-corrected chi connectivity index (χ0v) is 7.20. The third-order valence-corrected chi connectivity index (χ3v) is 1.57. The van der Waals surface area contributed by atoms with Gasteiger partial charge in [-0.1, -0.05) is 0 Å².